The highest BCUT2D eigenvalue weighted by molar-refractivity contribution is 4.97. The van der Waals surface area contributed by atoms with Crippen molar-refractivity contribution in [1.29, 1.82) is 0 Å². The minimum absolute atomic E-state index is 0.0833. The Morgan fingerprint density at radius 2 is 1.80 bits per heavy atom. The summed E-state index contributed by atoms with van der Waals surface area (Å²) < 4.78 is 0. The van der Waals surface area contributed by atoms with E-state index in [4.69, 9.17) is 5.11 Å². The van der Waals surface area contributed by atoms with Gasteiger partial charge in [0.25, 0.3) is 0 Å². The molecule has 1 unspecified atom stereocenters. The van der Waals surface area contributed by atoms with E-state index < -0.39 is 5.60 Å². The molecule has 88 valence electrons. The van der Waals surface area contributed by atoms with E-state index >= 15 is 0 Å². The van der Waals surface area contributed by atoms with Crippen LogP contribution in [-0.2, 0) is 0 Å². The van der Waals surface area contributed by atoms with E-state index in [1.54, 1.807) is 13.0 Å². The smallest absolute Gasteiger partial charge is 0.0800 e. The van der Waals surface area contributed by atoms with Crippen molar-refractivity contribution >= 4 is 0 Å². The number of allylic oxidation sites excluding steroid dienone is 2. The minimum atomic E-state index is -0.702. The van der Waals surface area contributed by atoms with Gasteiger partial charge in [0, 0.05) is 0 Å². The highest BCUT2D eigenvalue weighted by atomic mass is 16.3. The summed E-state index contributed by atoms with van der Waals surface area (Å²) in [5.41, 5.74) is 0.594. The SMILES string of the molecule is C=CC(C)(O)CCC=C(C)C.C=CCO. The van der Waals surface area contributed by atoms with Crippen molar-refractivity contribution in [2.75, 3.05) is 6.61 Å². The van der Waals surface area contributed by atoms with Gasteiger partial charge in [-0.05, 0) is 33.6 Å². The van der Waals surface area contributed by atoms with Crippen molar-refractivity contribution in [2.24, 2.45) is 0 Å². The molecule has 0 amide bonds. The number of rotatable bonds is 5. The Kier molecular flexibility index (Phi) is 10.7. The Balaban J connectivity index is 0. The van der Waals surface area contributed by atoms with Gasteiger partial charge in [0.05, 0.1) is 12.2 Å². The second-order valence-electron chi connectivity index (χ2n) is 3.85. The quantitative estimate of drug-likeness (QED) is 0.688. The molecule has 0 rings (SSSR count). The highest BCUT2D eigenvalue weighted by Crippen LogP contribution is 2.13. The molecule has 0 spiro atoms. The second-order valence-corrected chi connectivity index (χ2v) is 3.85. The molecule has 0 aromatic rings. The summed E-state index contributed by atoms with van der Waals surface area (Å²) in [7, 11) is 0. The zero-order chi connectivity index (χ0) is 12.3. The lowest BCUT2D eigenvalue weighted by Crippen LogP contribution is -2.19. The fourth-order valence-corrected chi connectivity index (χ4v) is 0.755. The Morgan fingerprint density at radius 1 is 1.33 bits per heavy atom. The van der Waals surface area contributed by atoms with E-state index in [1.165, 1.54) is 11.6 Å². The van der Waals surface area contributed by atoms with Gasteiger partial charge in [-0.2, -0.15) is 0 Å². The molecule has 0 bridgehead atoms. The number of aliphatic hydroxyl groups is 2. The van der Waals surface area contributed by atoms with Crippen LogP contribution in [0.3, 0.4) is 0 Å². The van der Waals surface area contributed by atoms with E-state index in [-0.39, 0.29) is 6.61 Å². The standard InChI is InChI=1S/C10H18O.C3H6O/c1-5-10(4,11)8-6-7-9(2)3;1-2-3-4/h5,7,11H,1,6,8H2,2-4H3;2,4H,1,3H2. The molecule has 0 aromatic carbocycles. The Hall–Kier alpha value is -0.860. The predicted octanol–water partition coefficient (Wildman–Crippen LogP) is 2.83. The first-order valence-electron chi connectivity index (χ1n) is 5.10. The van der Waals surface area contributed by atoms with Gasteiger partial charge in [0.2, 0.25) is 0 Å². The van der Waals surface area contributed by atoms with Gasteiger partial charge < -0.3 is 10.2 Å². The summed E-state index contributed by atoms with van der Waals surface area (Å²) in [5, 5.41) is 17.2. The zero-order valence-corrected chi connectivity index (χ0v) is 10.2. The van der Waals surface area contributed by atoms with Crippen molar-refractivity contribution in [1.82, 2.24) is 0 Å². The van der Waals surface area contributed by atoms with Crippen molar-refractivity contribution in [3.05, 3.63) is 37.0 Å². The van der Waals surface area contributed by atoms with Crippen LogP contribution in [0.2, 0.25) is 0 Å². The highest BCUT2D eigenvalue weighted by Gasteiger charge is 2.12. The first-order valence-corrected chi connectivity index (χ1v) is 5.10. The maximum absolute atomic E-state index is 9.49. The fourth-order valence-electron chi connectivity index (χ4n) is 0.755. The van der Waals surface area contributed by atoms with Gasteiger partial charge in [-0.1, -0.05) is 23.8 Å². The summed E-state index contributed by atoms with van der Waals surface area (Å²) in [6.07, 6.45) is 6.81. The van der Waals surface area contributed by atoms with Crippen LogP contribution in [0.5, 0.6) is 0 Å². The van der Waals surface area contributed by atoms with Crippen molar-refractivity contribution in [3.63, 3.8) is 0 Å². The van der Waals surface area contributed by atoms with Crippen LogP contribution in [0.25, 0.3) is 0 Å². The van der Waals surface area contributed by atoms with Crippen molar-refractivity contribution < 1.29 is 10.2 Å². The van der Waals surface area contributed by atoms with Crippen LogP contribution in [0, 0.1) is 0 Å². The summed E-state index contributed by atoms with van der Waals surface area (Å²) in [6.45, 7) is 12.8. The molecule has 0 radical (unpaired) electrons. The van der Waals surface area contributed by atoms with E-state index in [2.05, 4.69) is 33.1 Å². The maximum atomic E-state index is 9.49. The molecule has 0 aliphatic rings. The second kappa shape index (κ2) is 9.69. The molecule has 0 aromatic heterocycles. The molecular weight excluding hydrogens is 188 g/mol. The Labute approximate surface area is 93.6 Å². The number of aliphatic hydroxyl groups excluding tert-OH is 1. The molecule has 2 nitrogen and oxygen atoms in total. The van der Waals surface area contributed by atoms with E-state index in [0.29, 0.717) is 0 Å². The Morgan fingerprint density at radius 3 is 2.07 bits per heavy atom. The largest absolute Gasteiger partial charge is 0.392 e. The normalized spacial score (nSPS) is 12.9. The third-order valence-corrected chi connectivity index (χ3v) is 1.77. The van der Waals surface area contributed by atoms with E-state index in [9.17, 15) is 5.11 Å². The maximum Gasteiger partial charge on any atom is 0.0800 e. The third-order valence-electron chi connectivity index (χ3n) is 1.77. The molecule has 0 saturated heterocycles. The van der Waals surface area contributed by atoms with Crippen LogP contribution < -0.4 is 0 Å². The number of hydrogen-bond acceptors (Lipinski definition) is 2. The minimum Gasteiger partial charge on any atom is -0.392 e. The van der Waals surface area contributed by atoms with Crippen LogP contribution >= 0.6 is 0 Å². The first kappa shape index (κ1) is 16.6. The molecule has 2 N–H and O–H groups in total. The van der Waals surface area contributed by atoms with Crippen LogP contribution in [0.1, 0.15) is 33.6 Å². The summed E-state index contributed by atoms with van der Waals surface area (Å²) in [4.78, 5) is 0. The van der Waals surface area contributed by atoms with Gasteiger partial charge in [-0.25, -0.2) is 0 Å². The van der Waals surface area contributed by atoms with Gasteiger partial charge in [0.15, 0.2) is 0 Å². The molecular formula is C13H24O2. The van der Waals surface area contributed by atoms with E-state index in [0.717, 1.165) is 12.8 Å². The molecule has 0 saturated carbocycles. The van der Waals surface area contributed by atoms with Gasteiger partial charge in [-0.3, -0.25) is 0 Å². The monoisotopic (exact) mass is 212 g/mol. The predicted molar refractivity (Wildman–Crippen MR) is 66.8 cm³/mol. The van der Waals surface area contributed by atoms with Gasteiger partial charge in [0.1, 0.15) is 0 Å². The lowest BCUT2D eigenvalue weighted by atomic mass is 10.00. The molecule has 2 heteroatoms. The first-order chi connectivity index (χ1) is 6.89. The van der Waals surface area contributed by atoms with Gasteiger partial charge >= 0.3 is 0 Å². The third kappa shape index (κ3) is 15.9. The molecule has 0 heterocycles. The van der Waals surface area contributed by atoms with E-state index in [1.807, 2.05) is 0 Å². The van der Waals surface area contributed by atoms with Crippen molar-refractivity contribution in [2.45, 2.75) is 39.2 Å². The number of hydrogen-bond donors (Lipinski definition) is 2. The summed E-state index contributed by atoms with van der Waals surface area (Å²) in [5.74, 6) is 0. The summed E-state index contributed by atoms with van der Waals surface area (Å²) >= 11 is 0. The lowest BCUT2D eigenvalue weighted by Gasteiger charge is -2.16. The lowest BCUT2D eigenvalue weighted by molar-refractivity contribution is 0.103. The topological polar surface area (TPSA) is 40.5 Å². The average molecular weight is 212 g/mol. The van der Waals surface area contributed by atoms with Crippen molar-refractivity contribution in [3.8, 4) is 0 Å². The molecule has 1 atom stereocenters. The van der Waals surface area contributed by atoms with Crippen LogP contribution in [0.4, 0.5) is 0 Å². The Bertz CT molecular complexity index is 199. The van der Waals surface area contributed by atoms with Gasteiger partial charge in [-0.15, -0.1) is 13.2 Å². The molecule has 0 fully saturated rings. The zero-order valence-electron chi connectivity index (χ0n) is 10.2. The summed E-state index contributed by atoms with van der Waals surface area (Å²) in [6, 6.07) is 0. The van der Waals surface area contributed by atoms with Crippen LogP contribution in [-0.4, -0.2) is 22.4 Å². The molecule has 0 aliphatic carbocycles. The molecule has 15 heavy (non-hydrogen) atoms. The molecule has 0 aliphatic heterocycles. The van der Waals surface area contributed by atoms with Crippen LogP contribution in [0.15, 0.2) is 37.0 Å². The average Bonchev–Trinajstić information content (AvgIpc) is 2.17. The fraction of sp³-hybridized carbons (Fsp3) is 0.538.